The molecule has 0 amide bonds. The molecule has 1 aromatic heterocycles. The lowest BCUT2D eigenvalue weighted by Crippen LogP contribution is -2.46. The molecule has 3 rings (SSSR count). The number of aliphatic imine (C=N–C) groups is 1. The third kappa shape index (κ3) is 6.43. The van der Waals surface area contributed by atoms with Crippen LogP contribution in [0, 0.1) is 5.82 Å². The Balaban J connectivity index is 1.59. The van der Waals surface area contributed by atoms with E-state index in [0.29, 0.717) is 30.7 Å². The summed E-state index contributed by atoms with van der Waals surface area (Å²) in [5, 5.41) is 10.5. The van der Waals surface area contributed by atoms with Gasteiger partial charge < -0.3 is 25.0 Å². The van der Waals surface area contributed by atoms with E-state index < -0.39 is 0 Å². The van der Waals surface area contributed by atoms with Crippen LogP contribution < -0.4 is 15.5 Å². The van der Waals surface area contributed by atoms with Gasteiger partial charge in [0.15, 0.2) is 11.7 Å². The summed E-state index contributed by atoms with van der Waals surface area (Å²) in [4.78, 5) is 9.10. The molecule has 0 spiro atoms. The second kappa shape index (κ2) is 11.1. The minimum absolute atomic E-state index is 0.182. The summed E-state index contributed by atoms with van der Waals surface area (Å²) >= 11 is 0. The lowest BCUT2D eigenvalue weighted by molar-refractivity contribution is 0.270. The summed E-state index contributed by atoms with van der Waals surface area (Å²) < 4.78 is 20.1. The van der Waals surface area contributed by atoms with Gasteiger partial charge in [0.2, 0.25) is 0 Å². The normalized spacial score (nSPS) is 15.5. The summed E-state index contributed by atoms with van der Waals surface area (Å²) in [6.07, 6.45) is 0. The van der Waals surface area contributed by atoms with Crippen LogP contribution in [0.1, 0.15) is 50.6 Å². The zero-order chi connectivity index (χ0) is 22.2. The molecule has 1 saturated heterocycles. The van der Waals surface area contributed by atoms with E-state index >= 15 is 0 Å². The lowest BCUT2D eigenvalue weighted by Gasteiger charge is -2.35. The average molecular weight is 431 g/mol. The molecule has 0 radical (unpaired) electrons. The van der Waals surface area contributed by atoms with E-state index in [9.17, 15) is 4.39 Å². The second-order valence-electron chi connectivity index (χ2n) is 8.13. The number of rotatable bonds is 8. The van der Waals surface area contributed by atoms with Crippen LogP contribution in [0.3, 0.4) is 0 Å². The van der Waals surface area contributed by atoms with Gasteiger partial charge in [-0.05, 0) is 37.1 Å². The van der Waals surface area contributed by atoms with E-state index in [1.54, 1.807) is 6.07 Å². The molecule has 8 heteroatoms. The van der Waals surface area contributed by atoms with Gasteiger partial charge in [-0.3, -0.25) is 0 Å². The highest BCUT2D eigenvalue weighted by Crippen LogP contribution is 2.22. The first-order valence-electron chi connectivity index (χ1n) is 11.2. The molecule has 1 aliphatic rings. The van der Waals surface area contributed by atoms with Crippen LogP contribution in [0.2, 0.25) is 0 Å². The first kappa shape index (κ1) is 23.1. The number of hydrogen-bond acceptors (Lipinski definition) is 5. The number of likely N-dealkylation sites (N-methyl/N-ethyl adjacent to an activating group) is 1. The summed E-state index contributed by atoms with van der Waals surface area (Å²) in [5.74, 6) is 1.56. The zero-order valence-electron chi connectivity index (χ0n) is 19.1. The fourth-order valence-corrected chi connectivity index (χ4v) is 3.58. The molecule has 0 bridgehead atoms. The van der Waals surface area contributed by atoms with Gasteiger partial charge in [0.05, 0.1) is 24.5 Å². The molecular weight excluding hydrogens is 395 g/mol. The Bertz CT molecular complexity index is 858. The minimum Gasteiger partial charge on any atom is -0.367 e. The molecule has 0 unspecified atom stereocenters. The van der Waals surface area contributed by atoms with E-state index in [4.69, 9.17) is 4.52 Å². The molecule has 0 atom stereocenters. The highest BCUT2D eigenvalue weighted by Gasteiger charge is 2.18. The third-order valence-electron chi connectivity index (χ3n) is 5.54. The Hall–Kier alpha value is -2.61. The summed E-state index contributed by atoms with van der Waals surface area (Å²) in [6, 6.07) is 7.39. The molecule has 2 N–H and O–H groups in total. The summed E-state index contributed by atoms with van der Waals surface area (Å²) in [7, 11) is 0. The van der Waals surface area contributed by atoms with Gasteiger partial charge in [-0.2, -0.15) is 0 Å². The average Bonchev–Trinajstić information content (AvgIpc) is 3.25. The smallest absolute Gasteiger partial charge is 0.191 e. The van der Waals surface area contributed by atoms with E-state index in [0.717, 1.165) is 56.3 Å². The molecule has 1 aromatic carbocycles. The van der Waals surface area contributed by atoms with Crippen molar-refractivity contribution in [3.8, 4) is 0 Å². The van der Waals surface area contributed by atoms with Crippen molar-refractivity contribution in [2.45, 2.75) is 46.7 Å². The van der Waals surface area contributed by atoms with Crippen LogP contribution in [0.15, 0.2) is 33.8 Å². The van der Waals surface area contributed by atoms with Crippen LogP contribution in [0.4, 0.5) is 10.1 Å². The van der Waals surface area contributed by atoms with Crippen LogP contribution in [-0.4, -0.2) is 55.3 Å². The van der Waals surface area contributed by atoms with Crippen molar-refractivity contribution in [1.29, 1.82) is 0 Å². The standard InChI is InChI=1S/C23H35FN6O/c1-5-25-23(27-16-19-14-21(17(3)4)28-31-19)26-15-18-7-8-22(20(24)13-18)30-11-9-29(6-2)10-12-30/h7-8,13-14,17H,5-6,9-12,15-16H2,1-4H3,(H2,25,26,27). The molecule has 0 aliphatic carbocycles. The van der Waals surface area contributed by atoms with Gasteiger partial charge in [-0.15, -0.1) is 0 Å². The monoisotopic (exact) mass is 430 g/mol. The molecule has 1 fully saturated rings. The zero-order valence-corrected chi connectivity index (χ0v) is 19.1. The minimum atomic E-state index is -0.182. The maximum absolute atomic E-state index is 14.8. The predicted octanol–water partition coefficient (Wildman–Crippen LogP) is 3.33. The molecule has 2 aromatic rings. The van der Waals surface area contributed by atoms with Crippen LogP contribution in [-0.2, 0) is 13.1 Å². The van der Waals surface area contributed by atoms with Crippen molar-refractivity contribution in [3.63, 3.8) is 0 Å². The van der Waals surface area contributed by atoms with Gasteiger partial charge in [0.1, 0.15) is 5.82 Å². The number of aromatic nitrogens is 1. The van der Waals surface area contributed by atoms with Crippen molar-refractivity contribution >= 4 is 11.6 Å². The Morgan fingerprint density at radius 3 is 2.55 bits per heavy atom. The molecule has 2 heterocycles. The van der Waals surface area contributed by atoms with Crippen molar-refractivity contribution < 1.29 is 8.91 Å². The van der Waals surface area contributed by atoms with E-state index in [-0.39, 0.29) is 5.82 Å². The molecular formula is C23H35FN6O. The summed E-state index contributed by atoms with van der Waals surface area (Å²) in [5.41, 5.74) is 2.46. The number of anilines is 1. The maximum Gasteiger partial charge on any atom is 0.191 e. The van der Waals surface area contributed by atoms with Crippen LogP contribution in [0.25, 0.3) is 0 Å². The van der Waals surface area contributed by atoms with Gasteiger partial charge in [0.25, 0.3) is 0 Å². The van der Waals surface area contributed by atoms with E-state index in [2.05, 4.69) is 51.4 Å². The molecule has 1 aliphatic heterocycles. The predicted molar refractivity (Wildman–Crippen MR) is 123 cm³/mol. The Labute approximate surface area is 184 Å². The number of piperazine rings is 1. The molecule has 31 heavy (non-hydrogen) atoms. The lowest BCUT2D eigenvalue weighted by atomic mass is 10.1. The van der Waals surface area contributed by atoms with Gasteiger partial charge in [-0.25, -0.2) is 9.38 Å². The first-order chi connectivity index (χ1) is 15.0. The topological polar surface area (TPSA) is 68.9 Å². The fourth-order valence-electron chi connectivity index (χ4n) is 3.58. The number of guanidine groups is 1. The van der Waals surface area contributed by atoms with Crippen molar-refractivity contribution in [2.75, 3.05) is 44.2 Å². The van der Waals surface area contributed by atoms with Crippen molar-refractivity contribution in [2.24, 2.45) is 4.99 Å². The largest absolute Gasteiger partial charge is 0.367 e. The van der Waals surface area contributed by atoms with Gasteiger partial charge >= 0.3 is 0 Å². The van der Waals surface area contributed by atoms with E-state index in [1.165, 1.54) is 0 Å². The van der Waals surface area contributed by atoms with Gasteiger partial charge in [0, 0.05) is 38.8 Å². The SMILES string of the molecule is CCNC(=NCc1ccc(N2CCN(CC)CC2)c(F)c1)NCc1cc(C(C)C)no1. The number of nitrogens with one attached hydrogen (secondary N) is 2. The van der Waals surface area contributed by atoms with E-state index in [1.807, 2.05) is 25.1 Å². The quantitative estimate of drug-likeness (QED) is 0.495. The van der Waals surface area contributed by atoms with Crippen LogP contribution >= 0.6 is 0 Å². The third-order valence-corrected chi connectivity index (χ3v) is 5.54. The molecule has 7 nitrogen and oxygen atoms in total. The Morgan fingerprint density at radius 2 is 1.94 bits per heavy atom. The van der Waals surface area contributed by atoms with Crippen LogP contribution in [0.5, 0.6) is 0 Å². The fraction of sp³-hybridized carbons (Fsp3) is 0.565. The number of benzene rings is 1. The molecule has 0 saturated carbocycles. The maximum atomic E-state index is 14.8. The number of hydrogen-bond donors (Lipinski definition) is 2. The Morgan fingerprint density at radius 1 is 1.16 bits per heavy atom. The number of nitrogens with zero attached hydrogens (tertiary/aromatic N) is 4. The summed E-state index contributed by atoms with van der Waals surface area (Å²) in [6.45, 7) is 14.7. The molecule has 170 valence electrons. The Kier molecular flexibility index (Phi) is 8.28. The highest BCUT2D eigenvalue weighted by atomic mass is 19.1. The second-order valence-corrected chi connectivity index (χ2v) is 8.13. The number of halogens is 1. The highest BCUT2D eigenvalue weighted by molar-refractivity contribution is 5.79. The first-order valence-corrected chi connectivity index (χ1v) is 11.2. The van der Waals surface area contributed by atoms with Crippen molar-refractivity contribution in [1.82, 2.24) is 20.7 Å². The van der Waals surface area contributed by atoms with Crippen molar-refractivity contribution in [3.05, 3.63) is 47.1 Å². The van der Waals surface area contributed by atoms with Gasteiger partial charge in [-0.1, -0.05) is 32.0 Å².